The van der Waals surface area contributed by atoms with Gasteiger partial charge in [-0.05, 0) is 42.7 Å². The van der Waals surface area contributed by atoms with E-state index in [9.17, 15) is 32.7 Å². The maximum Gasteiger partial charge on any atom is 0.416 e. The number of hydrogen-bond donors (Lipinski definition) is 3. The molecule has 1 aromatic heterocycles. The number of nitrogens with one attached hydrogen (secondary N) is 2. The van der Waals surface area contributed by atoms with Crippen LogP contribution in [0.25, 0.3) is 10.9 Å². The zero-order valence-electron chi connectivity index (χ0n) is 18.0. The molecule has 0 bridgehead atoms. The number of rotatable bonds is 5. The normalized spacial score (nSPS) is 17.6. The second-order valence-electron chi connectivity index (χ2n) is 8.02. The summed E-state index contributed by atoms with van der Waals surface area (Å²) in [6.07, 6.45) is -5.72. The van der Waals surface area contributed by atoms with E-state index in [0.717, 1.165) is 12.1 Å². The highest BCUT2D eigenvalue weighted by Crippen LogP contribution is 2.30. The number of nitrogens with zero attached hydrogens (tertiary/aromatic N) is 2. The minimum atomic E-state index is -4.55. The van der Waals surface area contributed by atoms with Gasteiger partial charge in [0.05, 0.1) is 16.5 Å². The maximum atomic E-state index is 13.4. The molecule has 0 aliphatic carbocycles. The first-order valence-electron chi connectivity index (χ1n) is 10.5. The van der Waals surface area contributed by atoms with Crippen LogP contribution in [0.2, 0.25) is 0 Å². The van der Waals surface area contributed by atoms with Gasteiger partial charge in [-0.3, -0.25) is 29.6 Å². The number of aromatic nitrogens is 2. The summed E-state index contributed by atoms with van der Waals surface area (Å²) in [6.45, 7) is 1.54. The molecule has 2 amide bonds. The van der Waals surface area contributed by atoms with Crippen LogP contribution in [0.5, 0.6) is 0 Å². The summed E-state index contributed by atoms with van der Waals surface area (Å²) in [7, 11) is 0. The van der Waals surface area contributed by atoms with Crippen LogP contribution in [-0.2, 0) is 22.3 Å². The Morgan fingerprint density at radius 1 is 1.21 bits per heavy atom. The van der Waals surface area contributed by atoms with Crippen LogP contribution in [0.4, 0.5) is 13.2 Å². The predicted molar refractivity (Wildman–Crippen MR) is 115 cm³/mol. The average Bonchev–Trinajstić information content (AvgIpc) is 2.78. The fraction of sp³-hybridized carbons (Fsp3) is 0.304. The Balaban J connectivity index is 1.66. The van der Waals surface area contributed by atoms with Crippen molar-refractivity contribution >= 4 is 22.7 Å². The number of fused-ring (bicyclic) bond motifs is 1. The van der Waals surface area contributed by atoms with Crippen LogP contribution in [0.3, 0.4) is 0 Å². The van der Waals surface area contributed by atoms with Gasteiger partial charge in [0.2, 0.25) is 11.8 Å². The second kappa shape index (κ2) is 8.99. The van der Waals surface area contributed by atoms with E-state index in [0.29, 0.717) is 16.9 Å². The minimum Gasteiger partial charge on any atom is -0.374 e. The van der Waals surface area contributed by atoms with Gasteiger partial charge in [0.15, 0.2) is 0 Å². The van der Waals surface area contributed by atoms with Gasteiger partial charge < -0.3 is 5.11 Å². The van der Waals surface area contributed by atoms with Crippen molar-refractivity contribution in [3.05, 3.63) is 75.3 Å². The molecule has 8 nitrogen and oxygen atoms in total. The molecule has 4 rings (SSSR count). The molecule has 0 spiro atoms. The van der Waals surface area contributed by atoms with Crippen LogP contribution in [0.1, 0.15) is 47.6 Å². The number of imide groups is 1. The first-order chi connectivity index (χ1) is 16.1. The number of carbonyl (C=O) groups excluding carboxylic acids is 2. The van der Waals surface area contributed by atoms with Gasteiger partial charge in [-0.2, -0.15) is 13.2 Å². The summed E-state index contributed by atoms with van der Waals surface area (Å²) in [5.41, 5.74) is -0.531. The van der Waals surface area contributed by atoms with E-state index >= 15 is 0 Å². The lowest BCUT2D eigenvalue weighted by molar-refractivity contribution is -0.138. The third kappa shape index (κ3) is 4.57. The van der Waals surface area contributed by atoms with Crippen LogP contribution in [0.15, 0.2) is 47.3 Å². The number of amides is 2. The quantitative estimate of drug-likeness (QED) is 0.387. The Hall–Kier alpha value is -3.57. The first kappa shape index (κ1) is 23.6. The van der Waals surface area contributed by atoms with E-state index < -0.39 is 41.4 Å². The van der Waals surface area contributed by atoms with Crippen molar-refractivity contribution in [1.82, 2.24) is 20.2 Å². The van der Waals surface area contributed by atoms with Crippen molar-refractivity contribution in [1.29, 1.82) is 0 Å². The van der Waals surface area contributed by atoms with E-state index in [1.165, 1.54) is 16.7 Å². The van der Waals surface area contributed by atoms with Crippen molar-refractivity contribution in [3.63, 3.8) is 0 Å². The summed E-state index contributed by atoms with van der Waals surface area (Å²) in [5, 5.41) is 15.6. The smallest absolute Gasteiger partial charge is 0.374 e. The van der Waals surface area contributed by atoms with Gasteiger partial charge in [-0.15, -0.1) is 0 Å². The molecule has 1 aliphatic heterocycles. The minimum absolute atomic E-state index is 0.0185. The summed E-state index contributed by atoms with van der Waals surface area (Å²) < 4.78 is 40.2. The van der Waals surface area contributed by atoms with Gasteiger partial charge in [-0.1, -0.05) is 24.3 Å². The molecule has 2 aromatic carbocycles. The zero-order valence-corrected chi connectivity index (χ0v) is 18.0. The molecule has 3 aromatic rings. The van der Waals surface area contributed by atoms with Crippen molar-refractivity contribution in [2.24, 2.45) is 0 Å². The number of aliphatic hydroxyl groups is 1. The van der Waals surface area contributed by atoms with E-state index in [1.807, 2.05) is 0 Å². The molecule has 3 N–H and O–H groups in total. The molecule has 1 saturated heterocycles. The predicted octanol–water partition coefficient (Wildman–Crippen LogP) is 2.48. The Labute approximate surface area is 191 Å². The van der Waals surface area contributed by atoms with Gasteiger partial charge in [0.25, 0.3) is 5.56 Å². The summed E-state index contributed by atoms with van der Waals surface area (Å²) in [6, 6.07) is 8.35. The van der Waals surface area contributed by atoms with E-state index in [1.54, 1.807) is 25.1 Å². The molecule has 2 heterocycles. The lowest BCUT2D eigenvalue weighted by Crippen LogP contribution is -2.45. The van der Waals surface area contributed by atoms with Crippen molar-refractivity contribution in [2.75, 3.05) is 0 Å². The van der Waals surface area contributed by atoms with Crippen molar-refractivity contribution in [2.45, 2.75) is 44.8 Å². The number of piperidine rings is 1. The second-order valence-corrected chi connectivity index (χ2v) is 8.02. The lowest BCUT2D eigenvalue weighted by Gasteiger charge is -2.24. The van der Waals surface area contributed by atoms with Crippen molar-refractivity contribution in [3.8, 4) is 0 Å². The molecule has 34 heavy (non-hydrogen) atoms. The van der Waals surface area contributed by atoms with E-state index in [-0.39, 0.29) is 30.3 Å². The molecule has 2 atom stereocenters. The fourth-order valence-corrected chi connectivity index (χ4v) is 4.07. The number of carbonyl (C=O) groups is 2. The number of hydrogen-bond acceptors (Lipinski definition) is 6. The highest BCUT2D eigenvalue weighted by atomic mass is 19.4. The third-order valence-electron chi connectivity index (χ3n) is 5.73. The Morgan fingerprint density at radius 2 is 1.94 bits per heavy atom. The van der Waals surface area contributed by atoms with E-state index in [2.05, 4.69) is 15.6 Å². The summed E-state index contributed by atoms with van der Waals surface area (Å²) in [5.74, 6) is -0.687. The summed E-state index contributed by atoms with van der Waals surface area (Å²) in [4.78, 5) is 41.7. The molecule has 178 valence electrons. The highest BCUT2D eigenvalue weighted by Gasteiger charge is 2.32. The fourth-order valence-electron chi connectivity index (χ4n) is 4.07. The van der Waals surface area contributed by atoms with Crippen LogP contribution < -0.4 is 16.2 Å². The molecule has 1 fully saturated rings. The molecule has 2 unspecified atom stereocenters. The molecule has 1 aliphatic rings. The molecule has 11 heteroatoms. The Bertz CT molecular complexity index is 1340. The Kier molecular flexibility index (Phi) is 6.24. The number of benzene rings is 2. The number of aliphatic hydroxyl groups excluding tert-OH is 1. The van der Waals surface area contributed by atoms with Crippen LogP contribution in [-0.4, -0.2) is 26.5 Å². The lowest BCUT2D eigenvalue weighted by atomic mass is 10.0. The van der Waals surface area contributed by atoms with Gasteiger partial charge >= 0.3 is 6.18 Å². The zero-order chi connectivity index (χ0) is 24.6. The highest BCUT2D eigenvalue weighted by molar-refractivity contribution is 5.99. The molecular formula is C23H21F3N4O4. The van der Waals surface area contributed by atoms with Gasteiger partial charge in [-0.25, -0.2) is 4.98 Å². The number of halogens is 3. The largest absolute Gasteiger partial charge is 0.416 e. The average molecular weight is 474 g/mol. The topological polar surface area (TPSA) is 113 Å². The number of aryl methyl sites for hydroxylation is 1. The van der Waals surface area contributed by atoms with Crippen LogP contribution >= 0.6 is 0 Å². The standard InChI is InChI=1S/C23H21F3N4O4/c1-12-28-16-7-3-5-14(11-27-20(32)13-4-2-6-15(10-13)23(24,25)26)19(16)22(34)30(12)17-8-9-18(31)29-21(17)33/h2-7,10,17,20,27,32H,8-9,11H2,1H3,(H,29,31,33). The molecule has 0 saturated carbocycles. The van der Waals surface area contributed by atoms with E-state index in [4.69, 9.17) is 0 Å². The maximum absolute atomic E-state index is 13.4. The number of alkyl halides is 3. The molecular weight excluding hydrogens is 453 g/mol. The Morgan fingerprint density at radius 3 is 2.65 bits per heavy atom. The monoisotopic (exact) mass is 474 g/mol. The first-order valence-corrected chi connectivity index (χ1v) is 10.5. The molecule has 0 radical (unpaired) electrons. The van der Waals surface area contributed by atoms with Crippen LogP contribution in [0, 0.1) is 6.92 Å². The third-order valence-corrected chi connectivity index (χ3v) is 5.73. The van der Waals surface area contributed by atoms with Gasteiger partial charge in [0.1, 0.15) is 18.1 Å². The SMILES string of the molecule is Cc1nc2cccc(CNC(O)c3cccc(C(F)(F)F)c3)c2c(=O)n1C1CCC(=O)NC1=O. The summed E-state index contributed by atoms with van der Waals surface area (Å²) >= 11 is 0. The van der Waals surface area contributed by atoms with Crippen molar-refractivity contribution < 1.29 is 27.9 Å². The van der Waals surface area contributed by atoms with Gasteiger partial charge in [0, 0.05) is 13.0 Å².